The normalized spacial score (nSPS) is 18.5. The summed E-state index contributed by atoms with van der Waals surface area (Å²) < 4.78 is 27.8. The van der Waals surface area contributed by atoms with E-state index in [1.54, 1.807) is 0 Å². The van der Waals surface area contributed by atoms with Crippen LogP contribution in [0.5, 0.6) is 0 Å². The number of thioether (sulfide) groups is 1. The van der Waals surface area contributed by atoms with Crippen LogP contribution in [0.4, 0.5) is 8.78 Å². The monoisotopic (exact) mass is 285 g/mol. The lowest BCUT2D eigenvalue weighted by molar-refractivity contribution is 0.358. The minimum Gasteiger partial charge on any atom is -0.310 e. The van der Waals surface area contributed by atoms with Crippen LogP contribution in [-0.2, 0) is 0 Å². The van der Waals surface area contributed by atoms with Gasteiger partial charge < -0.3 is 5.32 Å². The Hall–Kier alpha value is -0.610. The first kappa shape index (κ1) is 14.8. The number of hydrogen-bond acceptors (Lipinski definition) is 2. The van der Waals surface area contributed by atoms with Crippen LogP contribution >= 0.6 is 11.8 Å². The molecular weight excluding hydrogens is 264 g/mol. The second kappa shape index (κ2) is 7.25. The van der Waals surface area contributed by atoms with Gasteiger partial charge >= 0.3 is 0 Å². The topological polar surface area (TPSA) is 12.0 Å². The number of nitrogens with one attached hydrogen (secondary N) is 1. The standard InChI is InChI=1S/C15H21F2NS/c1-2-18-14(10-11-6-8-19-9-7-11)15-12(16)4-3-5-13(15)17/h3-5,11,14,18H,2,6-10H2,1H3. The summed E-state index contributed by atoms with van der Waals surface area (Å²) in [6, 6.07) is 3.91. The number of rotatable bonds is 5. The van der Waals surface area contributed by atoms with Crippen molar-refractivity contribution in [3.05, 3.63) is 35.4 Å². The third-order valence-corrected chi connectivity index (χ3v) is 4.76. The second-order valence-corrected chi connectivity index (χ2v) is 6.26. The van der Waals surface area contributed by atoms with Crippen LogP contribution in [0, 0.1) is 17.6 Å². The van der Waals surface area contributed by atoms with Crippen LogP contribution in [0.25, 0.3) is 0 Å². The molecule has 0 bridgehead atoms. The fourth-order valence-corrected chi connectivity index (χ4v) is 3.91. The summed E-state index contributed by atoms with van der Waals surface area (Å²) in [5, 5.41) is 3.24. The molecule has 1 N–H and O–H groups in total. The van der Waals surface area contributed by atoms with Crippen LogP contribution in [0.15, 0.2) is 18.2 Å². The number of halogens is 2. The molecule has 1 atom stereocenters. The highest BCUT2D eigenvalue weighted by atomic mass is 32.2. The first-order valence-electron chi connectivity index (χ1n) is 6.97. The molecule has 0 spiro atoms. The van der Waals surface area contributed by atoms with Crippen molar-refractivity contribution in [3.8, 4) is 0 Å². The van der Waals surface area contributed by atoms with Crippen molar-refractivity contribution in [2.45, 2.75) is 32.2 Å². The molecule has 19 heavy (non-hydrogen) atoms. The molecule has 106 valence electrons. The third kappa shape index (κ3) is 3.93. The van der Waals surface area contributed by atoms with Gasteiger partial charge in [-0.3, -0.25) is 0 Å². The van der Waals surface area contributed by atoms with Gasteiger partial charge in [0, 0.05) is 11.6 Å². The van der Waals surface area contributed by atoms with E-state index in [9.17, 15) is 8.78 Å². The Morgan fingerprint density at radius 3 is 2.47 bits per heavy atom. The van der Waals surface area contributed by atoms with Crippen molar-refractivity contribution >= 4 is 11.8 Å². The van der Waals surface area contributed by atoms with E-state index in [0.29, 0.717) is 5.92 Å². The first-order valence-corrected chi connectivity index (χ1v) is 8.13. The van der Waals surface area contributed by atoms with E-state index in [1.807, 2.05) is 18.7 Å². The lowest BCUT2D eigenvalue weighted by Crippen LogP contribution is -2.26. The van der Waals surface area contributed by atoms with Crippen LogP contribution < -0.4 is 5.32 Å². The minimum atomic E-state index is -0.434. The smallest absolute Gasteiger partial charge is 0.130 e. The van der Waals surface area contributed by atoms with Gasteiger partial charge in [0.1, 0.15) is 11.6 Å². The molecule has 1 unspecified atom stereocenters. The van der Waals surface area contributed by atoms with Gasteiger partial charge in [0.2, 0.25) is 0 Å². The lowest BCUT2D eigenvalue weighted by Gasteiger charge is -2.27. The summed E-state index contributed by atoms with van der Waals surface area (Å²) in [5.41, 5.74) is 0.211. The van der Waals surface area contributed by atoms with Gasteiger partial charge in [-0.25, -0.2) is 8.78 Å². The predicted molar refractivity (Wildman–Crippen MR) is 77.4 cm³/mol. The van der Waals surface area contributed by atoms with E-state index in [0.717, 1.165) is 25.8 Å². The van der Waals surface area contributed by atoms with E-state index in [2.05, 4.69) is 5.32 Å². The first-order chi connectivity index (χ1) is 9.22. The molecule has 1 aromatic rings. The number of hydrogen-bond donors (Lipinski definition) is 1. The quantitative estimate of drug-likeness (QED) is 0.872. The maximum Gasteiger partial charge on any atom is 0.130 e. The number of benzene rings is 1. The summed E-state index contributed by atoms with van der Waals surface area (Å²) in [6.45, 7) is 2.70. The zero-order chi connectivity index (χ0) is 13.7. The van der Waals surface area contributed by atoms with Crippen molar-refractivity contribution in [1.82, 2.24) is 5.32 Å². The van der Waals surface area contributed by atoms with Gasteiger partial charge in [0.15, 0.2) is 0 Å². The van der Waals surface area contributed by atoms with Crippen molar-refractivity contribution < 1.29 is 8.78 Å². The fraction of sp³-hybridized carbons (Fsp3) is 0.600. The van der Waals surface area contributed by atoms with Crippen LogP contribution in [0.1, 0.15) is 37.8 Å². The van der Waals surface area contributed by atoms with Gasteiger partial charge in [-0.1, -0.05) is 13.0 Å². The summed E-state index contributed by atoms with van der Waals surface area (Å²) >= 11 is 1.97. The minimum absolute atomic E-state index is 0.209. The molecule has 0 aromatic heterocycles. The molecule has 1 aliphatic heterocycles. The molecule has 4 heteroatoms. The Morgan fingerprint density at radius 2 is 1.89 bits per heavy atom. The van der Waals surface area contributed by atoms with Crippen molar-refractivity contribution in [1.29, 1.82) is 0 Å². The molecular formula is C15H21F2NS. The molecule has 1 aliphatic rings. The van der Waals surface area contributed by atoms with Crippen molar-refractivity contribution in [2.75, 3.05) is 18.1 Å². The fourth-order valence-electron chi connectivity index (χ4n) is 2.71. The summed E-state index contributed by atoms with van der Waals surface area (Å²) in [7, 11) is 0. The molecule has 1 saturated heterocycles. The molecule has 0 saturated carbocycles. The maximum atomic E-state index is 13.9. The van der Waals surface area contributed by atoms with Crippen LogP contribution in [0.2, 0.25) is 0 Å². The highest BCUT2D eigenvalue weighted by Crippen LogP contribution is 2.32. The summed E-state index contributed by atoms with van der Waals surface area (Å²) in [5.74, 6) is 2.04. The Balaban J connectivity index is 2.14. The Labute approximate surface area is 118 Å². The Morgan fingerprint density at radius 1 is 1.26 bits per heavy atom. The molecule has 1 aromatic carbocycles. The van der Waals surface area contributed by atoms with Crippen molar-refractivity contribution in [2.24, 2.45) is 5.92 Å². The van der Waals surface area contributed by atoms with E-state index in [-0.39, 0.29) is 11.6 Å². The largest absolute Gasteiger partial charge is 0.310 e. The Kier molecular flexibility index (Phi) is 5.64. The molecule has 1 heterocycles. The summed E-state index contributed by atoms with van der Waals surface area (Å²) in [6.07, 6.45) is 3.14. The average Bonchev–Trinajstić information content (AvgIpc) is 2.40. The zero-order valence-corrected chi connectivity index (χ0v) is 12.1. The SMILES string of the molecule is CCNC(CC1CCSCC1)c1c(F)cccc1F. The van der Waals surface area contributed by atoms with E-state index in [1.165, 1.54) is 29.7 Å². The van der Waals surface area contributed by atoms with Crippen LogP contribution in [-0.4, -0.2) is 18.1 Å². The molecule has 2 rings (SSSR count). The van der Waals surface area contributed by atoms with Crippen molar-refractivity contribution in [3.63, 3.8) is 0 Å². The third-order valence-electron chi connectivity index (χ3n) is 3.71. The highest BCUT2D eigenvalue weighted by Gasteiger charge is 2.24. The molecule has 0 aliphatic carbocycles. The summed E-state index contributed by atoms with van der Waals surface area (Å²) in [4.78, 5) is 0. The van der Waals surface area contributed by atoms with Gasteiger partial charge in [-0.05, 0) is 55.4 Å². The van der Waals surface area contributed by atoms with E-state index in [4.69, 9.17) is 0 Å². The molecule has 0 radical (unpaired) electrons. The maximum absolute atomic E-state index is 13.9. The highest BCUT2D eigenvalue weighted by molar-refractivity contribution is 7.99. The zero-order valence-electron chi connectivity index (χ0n) is 11.3. The van der Waals surface area contributed by atoms with Gasteiger partial charge in [-0.2, -0.15) is 11.8 Å². The molecule has 0 amide bonds. The van der Waals surface area contributed by atoms with E-state index >= 15 is 0 Å². The second-order valence-electron chi connectivity index (χ2n) is 5.04. The van der Waals surface area contributed by atoms with Gasteiger partial charge in [0.05, 0.1) is 0 Å². The van der Waals surface area contributed by atoms with Gasteiger partial charge in [-0.15, -0.1) is 0 Å². The average molecular weight is 285 g/mol. The molecule has 1 nitrogen and oxygen atoms in total. The molecule has 1 fully saturated rings. The van der Waals surface area contributed by atoms with Gasteiger partial charge in [0.25, 0.3) is 0 Å². The lowest BCUT2D eigenvalue weighted by atomic mass is 9.90. The van der Waals surface area contributed by atoms with E-state index < -0.39 is 11.6 Å². The predicted octanol–water partition coefficient (Wildman–Crippen LogP) is 4.15. The van der Waals surface area contributed by atoms with Crippen LogP contribution in [0.3, 0.4) is 0 Å². The Bertz CT molecular complexity index is 385.